The molecule has 2 aromatic heterocycles. The van der Waals surface area contributed by atoms with Crippen molar-refractivity contribution >= 4 is 45.6 Å². The fourth-order valence-electron chi connectivity index (χ4n) is 4.32. The molecule has 0 fully saturated rings. The highest BCUT2D eigenvalue weighted by molar-refractivity contribution is 7.19. The predicted octanol–water partition coefficient (Wildman–Crippen LogP) is 6.75. The van der Waals surface area contributed by atoms with Crippen molar-refractivity contribution in [3.05, 3.63) is 41.5 Å². The fourth-order valence-corrected chi connectivity index (χ4v) is 7.59. The lowest BCUT2D eigenvalue weighted by Gasteiger charge is -2.28. The average molecular weight is 419 g/mol. The summed E-state index contributed by atoms with van der Waals surface area (Å²) in [7, 11) is -1.69. The van der Waals surface area contributed by atoms with Crippen LogP contribution in [0.1, 0.15) is 25.6 Å². The Balaban J connectivity index is 1.88. The minimum absolute atomic E-state index is 0.180. The molecule has 5 heteroatoms. The molecule has 0 bridgehead atoms. The molecule has 0 N–H and O–H groups in total. The van der Waals surface area contributed by atoms with Crippen LogP contribution in [0, 0.1) is 5.41 Å². The Morgan fingerprint density at radius 1 is 1.03 bits per heavy atom. The van der Waals surface area contributed by atoms with Gasteiger partial charge in [0.2, 0.25) is 0 Å². The molecular weight excluding hydrogens is 392 g/mol. The average Bonchev–Trinajstić information content (AvgIpc) is 2.96. The normalized spacial score (nSPS) is 13.6. The number of nitrogens with zero attached hydrogens (tertiary/aromatic N) is 2. The summed E-state index contributed by atoms with van der Waals surface area (Å²) in [4.78, 5) is 11.6. The van der Waals surface area contributed by atoms with Crippen LogP contribution in [0.15, 0.2) is 36.7 Å². The zero-order valence-corrected chi connectivity index (χ0v) is 19.7. The zero-order chi connectivity index (χ0) is 20.6. The summed E-state index contributed by atoms with van der Waals surface area (Å²) in [6.45, 7) is 14.0. The number of aromatic nitrogens is 2. The molecule has 0 amide bonds. The highest BCUT2D eigenvalue weighted by Crippen LogP contribution is 2.51. The number of hydrogen-bond donors (Lipinski definition) is 0. The topological polar surface area (TPSA) is 35.0 Å². The van der Waals surface area contributed by atoms with Crippen LogP contribution in [0.25, 0.3) is 32.2 Å². The number of ether oxygens (including phenoxy) is 1. The van der Waals surface area contributed by atoms with Gasteiger partial charge in [0, 0.05) is 5.56 Å². The summed E-state index contributed by atoms with van der Waals surface area (Å²) in [6.07, 6.45) is 2.67. The Morgan fingerprint density at radius 3 is 2.52 bits per heavy atom. The van der Waals surface area contributed by atoms with Gasteiger partial charge in [-0.25, -0.2) is 9.97 Å². The molecule has 3 nitrogen and oxygen atoms in total. The van der Waals surface area contributed by atoms with Crippen LogP contribution < -0.4 is 9.92 Å². The van der Waals surface area contributed by atoms with E-state index in [1.165, 1.54) is 20.8 Å². The van der Waals surface area contributed by atoms with E-state index < -0.39 is 8.07 Å². The third kappa shape index (κ3) is 2.99. The molecule has 0 radical (unpaired) electrons. The smallest absolute Gasteiger partial charge is 0.153 e. The first-order valence-corrected chi connectivity index (χ1v) is 14.5. The van der Waals surface area contributed by atoms with E-state index in [-0.39, 0.29) is 5.41 Å². The first-order chi connectivity index (χ1) is 13.6. The summed E-state index contributed by atoms with van der Waals surface area (Å²) in [5, 5.41) is 5.04. The Labute approximate surface area is 176 Å². The van der Waals surface area contributed by atoms with Crippen molar-refractivity contribution in [3.63, 3.8) is 0 Å². The lowest BCUT2D eigenvalue weighted by Crippen LogP contribution is -2.39. The van der Waals surface area contributed by atoms with E-state index in [1.807, 2.05) is 0 Å². The van der Waals surface area contributed by atoms with Gasteiger partial charge in [-0.05, 0) is 33.9 Å². The molecule has 0 saturated heterocycles. The molecule has 0 spiro atoms. The van der Waals surface area contributed by atoms with Crippen LogP contribution >= 0.6 is 11.3 Å². The van der Waals surface area contributed by atoms with Crippen molar-refractivity contribution in [2.75, 3.05) is 0 Å². The molecule has 2 aromatic carbocycles. The second kappa shape index (κ2) is 6.13. The van der Waals surface area contributed by atoms with Gasteiger partial charge in [-0.2, -0.15) is 0 Å². The standard InChI is InChI=1S/C24H26N2OSSi/c1-24(2,3)12-17-21-18-19(25-13-26-23(18)28-17)16-11-14-9-7-8-10-15(14)22(20(16)27-21)29(4,5)6/h7-11,13H,12H2,1-6H3. The van der Waals surface area contributed by atoms with Crippen molar-refractivity contribution < 1.29 is 4.74 Å². The fraction of sp³-hybridized carbons (Fsp3) is 0.333. The zero-order valence-electron chi connectivity index (χ0n) is 17.9. The van der Waals surface area contributed by atoms with Crippen LogP contribution in [0.2, 0.25) is 19.6 Å². The van der Waals surface area contributed by atoms with Crippen LogP contribution in [-0.2, 0) is 6.42 Å². The van der Waals surface area contributed by atoms with Gasteiger partial charge in [-0.1, -0.05) is 64.7 Å². The highest BCUT2D eigenvalue weighted by Gasteiger charge is 2.34. The van der Waals surface area contributed by atoms with E-state index in [4.69, 9.17) is 9.72 Å². The summed E-state index contributed by atoms with van der Waals surface area (Å²) in [5.41, 5.74) is 2.31. The van der Waals surface area contributed by atoms with Gasteiger partial charge in [0.1, 0.15) is 16.9 Å². The van der Waals surface area contributed by atoms with E-state index in [2.05, 4.69) is 75.7 Å². The minimum atomic E-state index is -1.69. The lowest BCUT2D eigenvalue weighted by molar-refractivity contribution is 0.403. The second-order valence-electron chi connectivity index (χ2n) is 10.2. The number of rotatable bonds is 2. The number of hydrogen-bond acceptors (Lipinski definition) is 4. The number of benzene rings is 2. The Kier molecular flexibility index (Phi) is 3.96. The van der Waals surface area contributed by atoms with Gasteiger partial charge in [-0.3, -0.25) is 0 Å². The number of fused-ring (bicyclic) bond motifs is 3. The van der Waals surface area contributed by atoms with Crippen molar-refractivity contribution in [3.8, 4) is 22.8 Å². The van der Waals surface area contributed by atoms with Crippen molar-refractivity contribution in [1.29, 1.82) is 0 Å². The minimum Gasteiger partial charge on any atom is -0.455 e. The quantitative estimate of drug-likeness (QED) is 0.297. The van der Waals surface area contributed by atoms with E-state index in [1.54, 1.807) is 17.7 Å². The molecule has 3 heterocycles. The maximum absolute atomic E-state index is 6.80. The van der Waals surface area contributed by atoms with Crippen molar-refractivity contribution in [2.45, 2.75) is 46.8 Å². The van der Waals surface area contributed by atoms with Gasteiger partial charge < -0.3 is 4.74 Å². The summed E-state index contributed by atoms with van der Waals surface area (Å²) >= 11 is 1.75. The molecule has 5 rings (SSSR count). The lowest BCUT2D eigenvalue weighted by atomic mass is 9.90. The van der Waals surface area contributed by atoms with Crippen LogP contribution in [0.3, 0.4) is 0 Å². The van der Waals surface area contributed by atoms with Crippen LogP contribution in [0.4, 0.5) is 0 Å². The van der Waals surface area contributed by atoms with Crippen molar-refractivity contribution in [1.82, 2.24) is 9.97 Å². The third-order valence-corrected chi connectivity index (χ3v) is 8.49. The SMILES string of the molecule is CC(C)(C)Cc1sc2ncnc3c2c1Oc1c-3cc2ccccc2c1[Si](C)(C)C. The molecule has 0 aliphatic carbocycles. The maximum atomic E-state index is 6.80. The molecule has 0 saturated carbocycles. The Morgan fingerprint density at radius 2 is 1.79 bits per heavy atom. The van der Waals surface area contributed by atoms with E-state index in [0.717, 1.165) is 39.4 Å². The van der Waals surface area contributed by atoms with E-state index >= 15 is 0 Å². The van der Waals surface area contributed by atoms with Crippen molar-refractivity contribution in [2.24, 2.45) is 5.41 Å². The van der Waals surface area contributed by atoms with Gasteiger partial charge >= 0.3 is 0 Å². The summed E-state index contributed by atoms with van der Waals surface area (Å²) in [5.74, 6) is 2.00. The Hall–Kier alpha value is -2.24. The second-order valence-corrected chi connectivity index (χ2v) is 16.3. The summed E-state index contributed by atoms with van der Waals surface area (Å²) < 4.78 is 6.80. The van der Waals surface area contributed by atoms with Gasteiger partial charge in [0.25, 0.3) is 0 Å². The maximum Gasteiger partial charge on any atom is 0.153 e. The van der Waals surface area contributed by atoms with Gasteiger partial charge in [0.15, 0.2) is 5.75 Å². The van der Waals surface area contributed by atoms with Crippen LogP contribution in [-0.4, -0.2) is 18.0 Å². The van der Waals surface area contributed by atoms with Crippen LogP contribution in [0.5, 0.6) is 11.5 Å². The van der Waals surface area contributed by atoms with E-state index in [9.17, 15) is 0 Å². The number of thiophene rings is 1. The molecule has 0 unspecified atom stereocenters. The molecule has 4 aromatic rings. The largest absolute Gasteiger partial charge is 0.455 e. The van der Waals surface area contributed by atoms with Gasteiger partial charge in [-0.15, -0.1) is 11.3 Å². The molecule has 1 aliphatic heterocycles. The molecule has 148 valence electrons. The molecule has 29 heavy (non-hydrogen) atoms. The molecule has 1 aliphatic rings. The molecular formula is C24H26N2OSSi. The summed E-state index contributed by atoms with van der Waals surface area (Å²) in [6, 6.07) is 10.9. The Bertz CT molecular complexity index is 1280. The first-order valence-electron chi connectivity index (χ1n) is 10.1. The first kappa shape index (κ1) is 18.8. The highest BCUT2D eigenvalue weighted by atomic mass is 32.1. The predicted molar refractivity (Wildman–Crippen MR) is 127 cm³/mol. The molecule has 0 atom stereocenters. The van der Waals surface area contributed by atoms with Gasteiger partial charge in [0.05, 0.1) is 24.0 Å². The third-order valence-electron chi connectivity index (χ3n) is 5.41. The monoisotopic (exact) mass is 418 g/mol. The van der Waals surface area contributed by atoms with E-state index in [0.29, 0.717) is 0 Å².